The zero-order valence-electron chi connectivity index (χ0n) is 12.8. The summed E-state index contributed by atoms with van der Waals surface area (Å²) in [7, 11) is -4.69. The SMILES string of the molecule is C#CC(c1ccc(C)cc1)(c1cccc(C(C)=O)c1)S(=O)(=O)O. The molecule has 2 rings (SSSR count). The second-order valence-electron chi connectivity index (χ2n) is 5.30. The molecule has 5 heteroatoms. The van der Waals surface area contributed by atoms with Gasteiger partial charge in [0.25, 0.3) is 10.1 Å². The molecule has 0 fully saturated rings. The van der Waals surface area contributed by atoms with Gasteiger partial charge in [-0.15, -0.1) is 6.42 Å². The normalized spacial score (nSPS) is 13.8. The van der Waals surface area contributed by atoms with Gasteiger partial charge in [-0.05, 0) is 31.0 Å². The number of aryl methyl sites for hydroxylation is 1. The van der Waals surface area contributed by atoms with Gasteiger partial charge in [0.15, 0.2) is 5.78 Å². The summed E-state index contributed by atoms with van der Waals surface area (Å²) in [6.45, 7) is 3.22. The van der Waals surface area contributed by atoms with Gasteiger partial charge in [-0.3, -0.25) is 9.35 Å². The molecule has 0 heterocycles. The molecule has 0 saturated heterocycles. The number of rotatable bonds is 4. The van der Waals surface area contributed by atoms with Crippen molar-refractivity contribution in [2.45, 2.75) is 18.6 Å². The third-order valence-electron chi connectivity index (χ3n) is 3.72. The summed E-state index contributed by atoms with van der Waals surface area (Å²) in [5.41, 5.74) is 1.64. The predicted octanol–water partition coefficient (Wildman–Crippen LogP) is 2.96. The number of hydrogen-bond donors (Lipinski definition) is 1. The van der Waals surface area contributed by atoms with Gasteiger partial charge in [0, 0.05) is 5.56 Å². The minimum absolute atomic E-state index is 0.152. The molecule has 0 amide bonds. The van der Waals surface area contributed by atoms with Gasteiger partial charge >= 0.3 is 0 Å². The number of terminal acetylenes is 1. The fourth-order valence-electron chi connectivity index (χ4n) is 2.45. The van der Waals surface area contributed by atoms with Crippen molar-refractivity contribution in [3.63, 3.8) is 0 Å². The monoisotopic (exact) mass is 328 g/mol. The van der Waals surface area contributed by atoms with Crippen LogP contribution in [0.25, 0.3) is 0 Å². The lowest BCUT2D eigenvalue weighted by molar-refractivity contribution is 0.101. The average Bonchev–Trinajstić information content (AvgIpc) is 2.49. The molecule has 0 saturated carbocycles. The van der Waals surface area contributed by atoms with E-state index in [9.17, 15) is 17.8 Å². The first kappa shape index (κ1) is 16.9. The van der Waals surface area contributed by atoms with Crippen LogP contribution in [0.3, 0.4) is 0 Å². The van der Waals surface area contributed by atoms with Crippen molar-refractivity contribution in [2.75, 3.05) is 0 Å². The molecule has 0 aromatic heterocycles. The Morgan fingerprint density at radius 2 is 1.74 bits per heavy atom. The molecule has 0 bridgehead atoms. The molecule has 118 valence electrons. The van der Waals surface area contributed by atoms with Gasteiger partial charge in [0.1, 0.15) is 0 Å². The van der Waals surface area contributed by atoms with Crippen LogP contribution in [0.2, 0.25) is 0 Å². The van der Waals surface area contributed by atoms with Crippen molar-refractivity contribution < 1.29 is 17.8 Å². The first-order valence-corrected chi connectivity index (χ1v) is 8.30. The number of ketones is 1. The maximum absolute atomic E-state index is 12.2. The second kappa shape index (κ2) is 5.99. The molecule has 0 aliphatic rings. The van der Waals surface area contributed by atoms with E-state index in [0.29, 0.717) is 5.56 Å². The highest BCUT2D eigenvalue weighted by atomic mass is 32.2. The number of benzene rings is 2. The fraction of sp³-hybridized carbons (Fsp3) is 0.167. The van der Waals surface area contributed by atoms with Crippen LogP contribution in [0, 0.1) is 19.3 Å². The van der Waals surface area contributed by atoms with Crippen LogP contribution in [0.5, 0.6) is 0 Å². The predicted molar refractivity (Wildman–Crippen MR) is 88.8 cm³/mol. The summed E-state index contributed by atoms with van der Waals surface area (Å²) in [6, 6.07) is 12.5. The van der Waals surface area contributed by atoms with E-state index in [1.54, 1.807) is 30.3 Å². The fourth-order valence-corrected chi connectivity index (χ4v) is 3.46. The standard InChI is InChI=1S/C18H16O4S/c1-4-18(23(20,21)22,16-10-8-13(2)9-11-16)17-7-5-6-15(12-17)14(3)19/h1,5-12H,2-3H3,(H,20,21,22). The quantitative estimate of drug-likeness (QED) is 0.532. The number of Topliss-reactive ketones (excluding diaryl/α,β-unsaturated/α-hetero) is 1. The summed E-state index contributed by atoms with van der Waals surface area (Å²) in [5.74, 6) is 2.00. The van der Waals surface area contributed by atoms with Crippen LogP contribution in [0.1, 0.15) is 34.0 Å². The number of carbonyl (C=O) groups excluding carboxylic acids is 1. The molecule has 2 aromatic carbocycles. The zero-order valence-corrected chi connectivity index (χ0v) is 13.6. The Balaban J connectivity index is 2.84. The van der Waals surface area contributed by atoms with E-state index in [4.69, 9.17) is 6.42 Å². The Labute approximate surface area is 135 Å². The Morgan fingerprint density at radius 3 is 2.22 bits per heavy atom. The van der Waals surface area contributed by atoms with Gasteiger partial charge in [-0.2, -0.15) is 8.42 Å². The average molecular weight is 328 g/mol. The van der Waals surface area contributed by atoms with Crippen LogP contribution in [0.15, 0.2) is 48.5 Å². The molecule has 0 radical (unpaired) electrons. The van der Waals surface area contributed by atoms with E-state index in [-0.39, 0.29) is 16.9 Å². The highest BCUT2D eigenvalue weighted by molar-refractivity contribution is 7.87. The Bertz CT molecular complexity index is 889. The van der Waals surface area contributed by atoms with Crippen LogP contribution in [0.4, 0.5) is 0 Å². The molecule has 1 atom stereocenters. The third-order valence-corrected chi connectivity index (χ3v) is 5.09. The molecule has 1 unspecified atom stereocenters. The van der Waals surface area contributed by atoms with Crippen LogP contribution in [-0.2, 0) is 14.9 Å². The summed E-state index contributed by atoms with van der Waals surface area (Å²) in [4.78, 5) is 11.6. The molecule has 1 N–H and O–H groups in total. The van der Waals surface area contributed by atoms with Gasteiger partial charge in [-0.1, -0.05) is 53.9 Å². The van der Waals surface area contributed by atoms with E-state index < -0.39 is 14.9 Å². The minimum Gasteiger partial charge on any atom is -0.295 e. The minimum atomic E-state index is -4.69. The zero-order chi connectivity index (χ0) is 17.3. The van der Waals surface area contributed by atoms with Crippen LogP contribution < -0.4 is 0 Å². The number of hydrogen-bond acceptors (Lipinski definition) is 3. The van der Waals surface area contributed by atoms with E-state index in [1.165, 1.54) is 25.1 Å². The lowest BCUT2D eigenvalue weighted by Crippen LogP contribution is -2.35. The first-order valence-electron chi connectivity index (χ1n) is 6.86. The summed E-state index contributed by atoms with van der Waals surface area (Å²) in [6.07, 6.45) is 5.55. The van der Waals surface area contributed by atoms with Gasteiger partial charge in [-0.25, -0.2) is 0 Å². The maximum atomic E-state index is 12.2. The molecular formula is C18H16O4S. The molecule has 0 aliphatic heterocycles. The second-order valence-corrected chi connectivity index (χ2v) is 6.87. The summed E-state index contributed by atoms with van der Waals surface area (Å²) in [5, 5.41) is 0. The molecule has 4 nitrogen and oxygen atoms in total. The van der Waals surface area contributed by atoms with Crippen molar-refractivity contribution in [1.82, 2.24) is 0 Å². The van der Waals surface area contributed by atoms with Gasteiger partial charge in [0.05, 0.1) is 0 Å². The highest BCUT2D eigenvalue weighted by Gasteiger charge is 2.45. The summed E-state index contributed by atoms with van der Waals surface area (Å²) < 4.78 is 32.2. The smallest absolute Gasteiger partial charge is 0.290 e. The van der Waals surface area contributed by atoms with Crippen LogP contribution in [-0.4, -0.2) is 18.8 Å². The largest absolute Gasteiger partial charge is 0.295 e. The van der Waals surface area contributed by atoms with E-state index in [0.717, 1.165) is 5.56 Å². The van der Waals surface area contributed by atoms with Crippen molar-refractivity contribution >= 4 is 15.9 Å². The van der Waals surface area contributed by atoms with Crippen molar-refractivity contribution in [1.29, 1.82) is 0 Å². The maximum Gasteiger partial charge on any atom is 0.290 e. The highest BCUT2D eigenvalue weighted by Crippen LogP contribution is 2.37. The molecule has 2 aromatic rings. The molecule has 0 spiro atoms. The number of carbonyl (C=O) groups is 1. The van der Waals surface area contributed by atoms with Crippen LogP contribution >= 0.6 is 0 Å². The lowest BCUT2D eigenvalue weighted by Gasteiger charge is -2.26. The topological polar surface area (TPSA) is 71.4 Å². The van der Waals surface area contributed by atoms with Crippen molar-refractivity contribution in [3.8, 4) is 12.3 Å². The Hall–Kier alpha value is -2.42. The van der Waals surface area contributed by atoms with Crippen molar-refractivity contribution in [2.24, 2.45) is 0 Å². The molecule has 23 heavy (non-hydrogen) atoms. The first-order chi connectivity index (χ1) is 10.7. The summed E-state index contributed by atoms with van der Waals surface area (Å²) >= 11 is 0. The molecule has 0 aliphatic carbocycles. The van der Waals surface area contributed by atoms with E-state index >= 15 is 0 Å². The van der Waals surface area contributed by atoms with Gasteiger partial charge < -0.3 is 0 Å². The molecular weight excluding hydrogens is 312 g/mol. The lowest BCUT2D eigenvalue weighted by atomic mass is 9.89. The van der Waals surface area contributed by atoms with Crippen molar-refractivity contribution in [3.05, 3.63) is 70.8 Å². The van der Waals surface area contributed by atoms with Gasteiger partial charge in [0.2, 0.25) is 4.75 Å². The van der Waals surface area contributed by atoms with E-state index in [2.05, 4.69) is 5.92 Å². The van der Waals surface area contributed by atoms with E-state index in [1.807, 2.05) is 6.92 Å². The Kier molecular flexibility index (Phi) is 4.42. The third kappa shape index (κ3) is 2.91. The Morgan fingerprint density at radius 1 is 1.13 bits per heavy atom.